The number of benzene rings is 1. The molecule has 0 saturated carbocycles. The third-order valence-corrected chi connectivity index (χ3v) is 2.86. The molecule has 2 aromatic rings. The summed E-state index contributed by atoms with van der Waals surface area (Å²) >= 11 is 0. The van der Waals surface area contributed by atoms with E-state index in [0.717, 1.165) is 24.2 Å². The van der Waals surface area contributed by atoms with E-state index in [2.05, 4.69) is 26.2 Å². The fourth-order valence-electron chi connectivity index (χ4n) is 1.88. The van der Waals surface area contributed by atoms with Crippen molar-refractivity contribution < 1.29 is 9.15 Å². The predicted octanol–water partition coefficient (Wildman–Crippen LogP) is 4.12. The lowest BCUT2D eigenvalue weighted by atomic mass is 10.0. The van der Waals surface area contributed by atoms with E-state index in [4.69, 9.17) is 9.15 Å². The van der Waals surface area contributed by atoms with Crippen LogP contribution in [0.15, 0.2) is 34.7 Å². The zero-order chi connectivity index (χ0) is 11.4. The molecule has 1 atom stereocenters. The zero-order valence-electron chi connectivity index (χ0n) is 9.61. The summed E-state index contributed by atoms with van der Waals surface area (Å²) in [6.07, 6.45) is 2.08. The highest BCUT2D eigenvalue weighted by molar-refractivity contribution is 5.77. The minimum atomic E-state index is 0.433. The molecule has 16 heavy (non-hydrogen) atoms. The van der Waals surface area contributed by atoms with Gasteiger partial charge in [-0.05, 0) is 25.0 Å². The van der Waals surface area contributed by atoms with Crippen LogP contribution in [0.5, 0.6) is 0 Å². The van der Waals surface area contributed by atoms with Gasteiger partial charge < -0.3 is 9.15 Å². The first-order valence-electron chi connectivity index (χ1n) is 5.66. The van der Waals surface area contributed by atoms with Crippen LogP contribution < -0.4 is 0 Å². The van der Waals surface area contributed by atoms with Crippen LogP contribution in [0.4, 0.5) is 0 Å². The summed E-state index contributed by atoms with van der Waals surface area (Å²) in [6, 6.07) is 10.2. The molecule has 85 valence electrons. The number of hydrogen-bond acceptors (Lipinski definition) is 2. The van der Waals surface area contributed by atoms with Crippen molar-refractivity contribution in [2.75, 3.05) is 6.61 Å². The average Bonchev–Trinajstić information content (AvgIpc) is 2.73. The summed E-state index contributed by atoms with van der Waals surface area (Å²) in [4.78, 5) is 0. The Morgan fingerprint density at radius 3 is 2.94 bits per heavy atom. The van der Waals surface area contributed by atoms with Gasteiger partial charge in [0, 0.05) is 17.9 Å². The molecular weight excluding hydrogens is 200 g/mol. The Morgan fingerprint density at radius 1 is 1.38 bits per heavy atom. The summed E-state index contributed by atoms with van der Waals surface area (Å²) in [5.74, 6) is 1.49. The molecule has 0 aliphatic rings. The second-order valence-corrected chi connectivity index (χ2v) is 4.14. The SMILES string of the molecule is [CH2]OCCCC(C)c1cc2ccccc2o1. The largest absolute Gasteiger partial charge is 0.461 e. The molecule has 0 bridgehead atoms. The van der Waals surface area contributed by atoms with E-state index in [1.54, 1.807) is 0 Å². The van der Waals surface area contributed by atoms with Crippen LogP contribution in [0, 0.1) is 7.11 Å². The molecule has 1 aromatic heterocycles. The maximum Gasteiger partial charge on any atom is 0.134 e. The number of para-hydroxylation sites is 1. The molecule has 1 aromatic carbocycles. The molecule has 2 heteroatoms. The van der Waals surface area contributed by atoms with Crippen molar-refractivity contribution in [3.63, 3.8) is 0 Å². The van der Waals surface area contributed by atoms with Crippen molar-refractivity contribution in [3.05, 3.63) is 43.2 Å². The van der Waals surface area contributed by atoms with Crippen molar-refractivity contribution in [1.82, 2.24) is 0 Å². The monoisotopic (exact) mass is 217 g/mol. The molecule has 0 amide bonds. The van der Waals surface area contributed by atoms with Gasteiger partial charge in [0.25, 0.3) is 0 Å². The van der Waals surface area contributed by atoms with Gasteiger partial charge in [0.15, 0.2) is 0 Å². The lowest BCUT2D eigenvalue weighted by Gasteiger charge is -2.06. The number of fused-ring (bicyclic) bond motifs is 1. The van der Waals surface area contributed by atoms with Crippen molar-refractivity contribution in [1.29, 1.82) is 0 Å². The van der Waals surface area contributed by atoms with E-state index in [9.17, 15) is 0 Å². The van der Waals surface area contributed by atoms with Crippen LogP contribution in [0.25, 0.3) is 11.0 Å². The molecule has 0 fully saturated rings. The molecule has 0 N–H and O–H groups in total. The third kappa shape index (κ3) is 2.45. The van der Waals surface area contributed by atoms with Crippen LogP contribution in [0.1, 0.15) is 31.4 Å². The van der Waals surface area contributed by atoms with E-state index < -0.39 is 0 Å². The molecule has 0 saturated heterocycles. The second kappa shape index (κ2) is 5.17. The predicted molar refractivity (Wildman–Crippen MR) is 65.2 cm³/mol. The lowest BCUT2D eigenvalue weighted by Crippen LogP contribution is -1.94. The van der Waals surface area contributed by atoms with Crippen LogP contribution in [0.2, 0.25) is 0 Å². The van der Waals surface area contributed by atoms with Gasteiger partial charge in [0.05, 0.1) is 7.11 Å². The van der Waals surface area contributed by atoms with E-state index in [1.165, 1.54) is 5.39 Å². The number of ether oxygens (including phenoxy) is 1. The van der Waals surface area contributed by atoms with E-state index in [-0.39, 0.29) is 0 Å². The highest BCUT2D eigenvalue weighted by atomic mass is 16.5. The Hall–Kier alpha value is -1.28. The third-order valence-electron chi connectivity index (χ3n) is 2.86. The topological polar surface area (TPSA) is 22.4 Å². The highest BCUT2D eigenvalue weighted by Gasteiger charge is 2.10. The maximum atomic E-state index is 5.80. The van der Waals surface area contributed by atoms with E-state index in [1.807, 2.05) is 18.2 Å². The Labute approximate surface area is 96.2 Å². The Morgan fingerprint density at radius 2 is 2.19 bits per heavy atom. The molecule has 1 unspecified atom stereocenters. The minimum Gasteiger partial charge on any atom is -0.461 e. The van der Waals surface area contributed by atoms with Gasteiger partial charge in [-0.3, -0.25) is 0 Å². The van der Waals surface area contributed by atoms with Crippen LogP contribution in [0.3, 0.4) is 0 Å². The van der Waals surface area contributed by atoms with Crippen LogP contribution in [-0.4, -0.2) is 6.61 Å². The van der Waals surface area contributed by atoms with Crippen LogP contribution >= 0.6 is 0 Å². The van der Waals surface area contributed by atoms with Gasteiger partial charge in [-0.25, -0.2) is 0 Å². The highest BCUT2D eigenvalue weighted by Crippen LogP contribution is 2.27. The molecule has 2 nitrogen and oxygen atoms in total. The molecule has 0 aliphatic carbocycles. The standard InChI is InChI=1S/C14H17O2/c1-11(6-5-9-15-2)14-10-12-7-3-4-8-13(12)16-14/h3-4,7-8,10-11H,2,5-6,9H2,1H3. The Kier molecular flexibility index (Phi) is 3.62. The molecule has 2 rings (SSSR count). The number of rotatable bonds is 5. The van der Waals surface area contributed by atoms with Gasteiger partial charge in [-0.1, -0.05) is 25.1 Å². The van der Waals surface area contributed by atoms with Gasteiger partial charge in [-0.15, -0.1) is 0 Å². The minimum absolute atomic E-state index is 0.433. The Balaban J connectivity index is 2.07. The molecule has 0 aliphatic heterocycles. The maximum absolute atomic E-state index is 5.80. The van der Waals surface area contributed by atoms with E-state index >= 15 is 0 Å². The summed E-state index contributed by atoms with van der Waals surface area (Å²) in [5.41, 5.74) is 0.970. The average molecular weight is 217 g/mol. The van der Waals surface area contributed by atoms with Gasteiger partial charge in [0.2, 0.25) is 0 Å². The van der Waals surface area contributed by atoms with Crippen molar-refractivity contribution in [2.45, 2.75) is 25.7 Å². The first kappa shape index (κ1) is 11.2. The first-order valence-corrected chi connectivity index (χ1v) is 5.66. The summed E-state index contributed by atoms with van der Waals surface area (Å²) < 4.78 is 10.6. The van der Waals surface area contributed by atoms with Crippen molar-refractivity contribution in [2.24, 2.45) is 0 Å². The van der Waals surface area contributed by atoms with Gasteiger partial charge in [0.1, 0.15) is 11.3 Å². The van der Waals surface area contributed by atoms with Gasteiger partial charge in [-0.2, -0.15) is 0 Å². The number of furan rings is 1. The lowest BCUT2D eigenvalue weighted by molar-refractivity contribution is 0.231. The zero-order valence-corrected chi connectivity index (χ0v) is 9.61. The Bertz CT molecular complexity index is 412. The molecule has 0 spiro atoms. The summed E-state index contributed by atoms with van der Waals surface area (Å²) in [7, 11) is 3.37. The first-order chi connectivity index (χ1) is 7.81. The van der Waals surface area contributed by atoms with E-state index in [0.29, 0.717) is 12.5 Å². The summed E-state index contributed by atoms with van der Waals surface area (Å²) in [5, 5.41) is 1.18. The smallest absolute Gasteiger partial charge is 0.134 e. The molecule has 1 radical (unpaired) electrons. The second-order valence-electron chi connectivity index (χ2n) is 4.14. The van der Waals surface area contributed by atoms with Crippen molar-refractivity contribution in [3.8, 4) is 0 Å². The fraction of sp³-hybridized carbons (Fsp3) is 0.357. The normalized spacial score (nSPS) is 13.1. The van der Waals surface area contributed by atoms with Gasteiger partial charge >= 0.3 is 0 Å². The van der Waals surface area contributed by atoms with Crippen molar-refractivity contribution >= 4 is 11.0 Å². The van der Waals surface area contributed by atoms with Crippen LogP contribution in [-0.2, 0) is 4.74 Å². The quantitative estimate of drug-likeness (QED) is 0.703. The summed E-state index contributed by atoms with van der Waals surface area (Å²) in [6.45, 7) is 2.89. The fourth-order valence-corrected chi connectivity index (χ4v) is 1.88. The number of hydrogen-bond donors (Lipinski definition) is 0. The molecular formula is C14H17O2. The molecule has 1 heterocycles.